The lowest BCUT2D eigenvalue weighted by Gasteiger charge is -2.18. The first-order chi connectivity index (χ1) is 9.65. The third kappa shape index (κ3) is 4.17. The Balaban J connectivity index is 2.04. The molecule has 104 valence electrons. The average molecular weight is 270 g/mol. The predicted octanol–water partition coefficient (Wildman–Crippen LogP) is 2.34. The topological polar surface area (TPSA) is 53.4 Å². The molecule has 4 nitrogen and oxygen atoms in total. The van der Waals surface area contributed by atoms with Crippen molar-refractivity contribution >= 4 is 5.97 Å². The summed E-state index contributed by atoms with van der Waals surface area (Å²) in [6, 6.07) is 11.6. The summed E-state index contributed by atoms with van der Waals surface area (Å²) >= 11 is 0. The van der Waals surface area contributed by atoms with Crippen LogP contribution in [0.15, 0.2) is 48.8 Å². The molecule has 0 bridgehead atoms. The van der Waals surface area contributed by atoms with E-state index in [0.29, 0.717) is 0 Å². The largest absolute Gasteiger partial charge is 0.481 e. The molecule has 0 atom stereocenters. The maximum atomic E-state index is 10.9. The SMILES string of the molecule is CN(Cc1cccnc1)Cc1ccccc1CC(=O)O. The van der Waals surface area contributed by atoms with Gasteiger partial charge in [0.2, 0.25) is 0 Å². The number of carboxylic acid groups (broad SMARTS) is 1. The minimum atomic E-state index is -0.799. The lowest BCUT2D eigenvalue weighted by Crippen LogP contribution is -2.18. The number of pyridine rings is 1. The highest BCUT2D eigenvalue weighted by molar-refractivity contribution is 5.70. The Morgan fingerprint density at radius 3 is 2.55 bits per heavy atom. The number of carboxylic acids is 1. The Labute approximate surface area is 118 Å². The van der Waals surface area contributed by atoms with E-state index in [2.05, 4.69) is 9.88 Å². The second-order valence-electron chi connectivity index (χ2n) is 4.87. The van der Waals surface area contributed by atoms with E-state index in [1.165, 1.54) is 0 Å². The van der Waals surface area contributed by atoms with Crippen LogP contribution in [0.25, 0.3) is 0 Å². The number of benzene rings is 1. The Morgan fingerprint density at radius 2 is 1.90 bits per heavy atom. The highest BCUT2D eigenvalue weighted by Crippen LogP contribution is 2.13. The minimum absolute atomic E-state index is 0.0664. The number of rotatable bonds is 6. The number of nitrogens with zero attached hydrogens (tertiary/aromatic N) is 2. The van der Waals surface area contributed by atoms with Crippen LogP contribution in [0.5, 0.6) is 0 Å². The van der Waals surface area contributed by atoms with Gasteiger partial charge in [-0.3, -0.25) is 14.7 Å². The molecule has 0 fully saturated rings. The van der Waals surface area contributed by atoms with Gasteiger partial charge in [-0.1, -0.05) is 30.3 Å². The number of aromatic nitrogens is 1. The molecule has 0 aliphatic heterocycles. The van der Waals surface area contributed by atoms with Crippen LogP contribution in [-0.2, 0) is 24.3 Å². The lowest BCUT2D eigenvalue weighted by molar-refractivity contribution is -0.136. The van der Waals surface area contributed by atoms with Crippen LogP contribution in [0, 0.1) is 0 Å². The van der Waals surface area contributed by atoms with Crippen molar-refractivity contribution < 1.29 is 9.90 Å². The van der Waals surface area contributed by atoms with Crippen molar-refractivity contribution in [3.05, 3.63) is 65.5 Å². The van der Waals surface area contributed by atoms with Gasteiger partial charge >= 0.3 is 5.97 Å². The number of aliphatic carboxylic acids is 1. The van der Waals surface area contributed by atoms with Crippen molar-refractivity contribution in [2.45, 2.75) is 19.5 Å². The molecule has 2 rings (SSSR count). The van der Waals surface area contributed by atoms with Crippen molar-refractivity contribution in [1.82, 2.24) is 9.88 Å². The van der Waals surface area contributed by atoms with Crippen LogP contribution < -0.4 is 0 Å². The molecule has 0 spiro atoms. The van der Waals surface area contributed by atoms with Crippen LogP contribution in [-0.4, -0.2) is 28.0 Å². The molecule has 0 unspecified atom stereocenters. The van der Waals surface area contributed by atoms with Crippen molar-refractivity contribution in [2.75, 3.05) is 7.05 Å². The van der Waals surface area contributed by atoms with Crippen LogP contribution in [0.4, 0.5) is 0 Å². The van der Waals surface area contributed by atoms with E-state index in [1.807, 2.05) is 49.6 Å². The van der Waals surface area contributed by atoms with E-state index in [9.17, 15) is 4.79 Å². The quantitative estimate of drug-likeness (QED) is 0.875. The van der Waals surface area contributed by atoms with Crippen LogP contribution in [0.2, 0.25) is 0 Å². The first-order valence-electron chi connectivity index (χ1n) is 6.51. The molecular weight excluding hydrogens is 252 g/mol. The van der Waals surface area contributed by atoms with Crippen molar-refractivity contribution in [3.8, 4) is 0 Å². The fraction of sp³-hybridized carbons (Fsp3) is 0.250. The summed E-state index contributed by atoms with van der Waals surface area (Å²) in [7, 11) is 2.02. The van der Waals surface area contributed by atoms with E-state index < -0.39 is 5.97 Å². The van der Waals surface area contributed by atoms with E-state index >= 15 is 0 Å². The monoisotopic (exact) mass is 270 g/mol. The molecule has 2 aromatic rings. The smallest absolute Gasteiger partial charge is 0.307 e. The summed E-state index contributed by atoms with van der Waals surface area (Å²) in [6.45, 7) is 1.51. The zero-order chi connectivity index (χ0) is 14.4. The van der Waals surface area contributed by atoms with Gasteiger partial charge < -0.3 is 5.11 Å². The molecule has 0 aliphatic carbocycles. The average Bonchev–Trinajstić information content (AvgIpc) is 2.41. The van der Waals surface area contributed by atoms with Gasteiger partial charge in [0.05, 0.1) is 6.42 Å². The molecule has 4 heteroatoms. The maximum Gasteiger partial charge on any atom is 0.307 e. The van der Waals surface area contributed by atoms with Gasteiger partial charge in [-0.25, -0.2) is 0 Å². The third-order valence-corrected chi connectivity index (χ3v) is 3.08. The molecule has 0 radical (unpaired) electrons. The summed E-state index contributed by atoms with van der Waals surface area (Å²) in [6.07, 6.45) is 3.67. The molecule has 1 N–H and O–H groups in total. The van der Waals surface area contributed by atoms with Gasteiger partial charge in [0.25, 0.3) is 0 Å². The number of hydrogen-bond acceptors (Lipinski definition) is 3. The zero-order valence-electron chi connectivity index (χ0n) is 11.5. The van der Waals surface area contributed by atoms with Crippen LogP contribution in [0.1, 0.15) is 16.7 Å². The standard InChI is InChI=1S/C16H18N2O2/c1-18(11-13-5-4-8-17-10-13)12-15-7-3-2-6-14(15)9-16(19)20/h2-8,10H,9,11-12H2,1H3,(H,19,20). The first-order valence-corrected chi connectivity index (χ1v) is 6.51. The summed E-state index contributed by atoms with van der Waals surface area (Å²) in [5.41, 5.74) is 3.07. The first kappa shape index (κ1) is 14.2. The van der Waals surface area contributed by atoms with Crippen LogP contribution in [0.3, 0.4) is 0 Å². The molecule has 0 saturated carbocycles. The molecule has 1 aromatic heterocycles. The van der Waals surface area contributed by atoms with Crippen LogP contribution >= 0.6 is 0 Å². The zero-order valence-corrected chi connectivity index (χ0v) is 11.5. The van der Waals surface area contributed by atoms with E-state index in [1.54, 1.807) is 6.20 Å². The number of hydrogen-bond donors (Lipinski definition) is 1. The Morgan fingerprint density at radius 1 is 1.15 bits per heavy atom. The minimum Gasteiger partial charge on any atom is -0.481 e. The molecule has 0 aliphatic rings. The van der Waals surface area contributed by atoms with Gasteiger partial charge in [0.15, 0.2) is 0 Å². The van der Waals surface area contributed by atoms with E-state index in [0.717, 1.165) is 29.8 Å². The molecule has 0 saturated heterocycles. The Hall–Kier alpha value is -2.20. The van der Waals surface area contributed by atoms with Crippen molar-refractivity contribution in [2.24, 2.45) is 0 Å². The molecule has 1 aromatic carbocycles. The Kier molecular flexibility index (Phi) is 4.85. The normalized spacial score (nSPS) is 10.7. The highest BCUT2D eigenvalue weighted by atomic mass is 16.4. The molecule has 1 heterocycles. The van der Waals surface area contributed by atoms with Gasteiger partial charge in [-0.05, 0) is 29.8 Å². The molecule has 0 amide bonds. The molecular formula is C16H18N2O2. The second kappa shape index (κ2) is 6.82. The van der Waals surface area contributed by atoms with Crippen molar-refractivity contribution in [1.29, 1.82) is 0 Å². The summed E-state index contributed by atoms with van der Waals surface area (Å²) in [5, 5.41) is 8.94. The fourth-order valence-electron chi connectivity index (χ4n) is 2.20. The van der Waals surface area contributed by atoms with E-state index in [-0.39, 0.29) is 6.42 Å². The maximum absolute atomic E-state index is 10.9. The highest BCUT2D eigenvalue weighted by Gasteiger charge is 2.08. The summed E-state index contributed by atoms with van der Waals surface area (Å²) in [5.74, 6) is -0.799. The fourth-order valence-corrected chi connectivity index (χ4v) is 2.20. The number of carbonyl (C=O) groups is 1. The molecule has 20 heavy (non-hydrogen) atoms. The summed E-state index contributed by atoms with van der Waals surface area (Å²) in [4.78, 5) is 17.1. The van der Waals surface area contributed by atoms with Crippen molar-refractivity contribution in [3.63, 3.8) is 0 Å². The van der Waals surface area contributed by atoms with Gasteiger partial charge in [0, 0.05) is 25.5 Å². The lowest BCUT2D eigenvalue weighted by atomic mass is 10.0. The van der Waals surface area contributed by atoms with Gasteiger partial charge in [-0.2, -0.15) is 0 Å². The van der Waals surface area contributed by atoms with Gasteiger partial charge in [-0.15, -0.1) is 0 Å². The predicted molar refractivity (Wildman–Crippen MR) is 77.2 cm³/mol. The van der Waals surface area contributed by atoms with Gasteiger partial charge in [0.1, 0.15) is 0 Å². The Bertz CT molecular complexity index is 570. The second-order valence-corrected chi connectivity index (χ2v) is 4.87. The summed E-state index contributed by atoms with van der Waals surface area (Å²) < 4.78 is 0. The third-order valence-electron chi connectivity index (χ3n) is 3.08. The van der Waals surface area contributed by atoms with E-state index in [4.69, 9.17) is 5.11 Å².